The summed E-state index contributed by atoms with van der Waals surface area (Å²) in [5.74, 6) is 1.27. The van der Waals surface area contributed by atoms with Crippen molar-refractivity contribution in [2.45, 2.75) is 19.0 Å². The Bertz CT molecular complexity index is 440. The number of likely N-dealkylation sites (tertiary alicyclic amines) is 1. The average Bonchev–Trinajstić information content (AvgIpc) is 2.81. The molecule has 1 aliphatic rings. The average molecular weight is 285 g/mol. The molecule has 1 N–H and O–H groups in total. The maximum Gasteiger partial charge on any atom is 0.179 e. The first kappa shape index (κ1) is 14.4. The van der Waals surface area contributed by atoms with Crippen LogP contribution in [0.3, 0.4) is 0 Å². The summed E-state index contributed by atoms with van der Waals surface area (Å²) in [4.78, 5) is 2.33. The number of ether oxygens (including phenoxy) is 2. The number of nitrogens with one attached hydrogen (secondary N) is 1. The molecule has 1 atom stereocenters. The van der Waals surface area contributed by atoms with E-state index in [0.717, 1.165) is 25.2 Å². The molecule has 1 unspecified atom stereocenters. The SMILES string of the molecule is COc1cc(CNC2CCN(C)C2)cc(Cl)c1OC. The van der Waals surface area contributed by atoms with Crippen LogP contribution in [0.5, 0.6) is 11.5 Å². The van der Waals surface area contributed by atoms with Gasteiger partial charge >= 0.3 is 0 Å². The summed E-state index contributed by atoms with van der Waals surface area (Å²) in [7, 11) is 5.36. The van der Waals surface area contributed by atoms with Crippen LogP contribution in [0.25, 0.3) is 0 Å². The van der Waals surface area contributed by atoms with E-state index < -0.39 is 0 Å². The van der Waals surface area contributed by atoms with E-state index >= 15 is 0 Å². The van der Waals surface area contributed by atoms with E-state index in [1.54, 1.807) is 14.2 Å². The van der Waals surface area contributed by atoms with E-state index in [2.05, 4.69) is 17.3 Å². The zero-order valence-electron chi connectivity index (χ0n) is 11.7. The fourth-order valence-corrected chi connectivity index (χ4v) is 2.75. The van der Waals surface area contributed by atoms with Crippen LogP contribution in [0.2, 0.25) is 5.02 Å². The van der Waals surface area contributed by atoms with E-state index in [9.17, 15) is 0 Å². The summed E-state index contributed by atoms with van der Waals surface area (Å²) in [6.07, 6.45) is 1.19. The minimum Gasteiger partial charge on any atom is -0.493 e. The van der Waals surface area contributed by atoms with Crippen LogP contribution in [0.4, 0.5) is 0 Å². The lowest BCUT2D eigenvalue weighted by Gasteiger charge is -2.15. The molecule has 0 aliphatic carbocycles. The third-order valence-electron chi connectivity index (χ3n) is 3.48. The van der Waals surface area contributed by atoms with Crippen molar-refractivity contribution in [3.05, 3.63) is 22.7 Å². The van der Waals surface area contributed by atoms with Crippen LogP contribution in [-0.2, 0) is 6.54 Å². The molecule has 0 spiro atoms. The van der Waals surface area contributed by atoms with Gasteiger partial charge in [-0.15, -0.1) is 0 Å². The van der Waals surface area contributed by atoms with Gasteiger partial charge in [-0.05, 0) is 37.7 Å². The van der Waals surface area contributed by atoms with Gasteiger partial charge in [0.15, 0.2) is 11.5 Å². The second-order valence-corrected chi connectivity index (χ2v) is 5.35. The second-order valence-electron chi connectivity index (χ2n) is 4.94. The van der Waals surface area contributed by atoms with Crippen molar-refractivity contribution >= 4 is 11.6 Å². The van der Waals surface area contributed by atoms with Gasteiger partial charge in [0.05, 0.1) is 19.2 Å². The monoisotopic (exact) mass is 284 g/mol. The zero-order valence-corrected chi connectivity index (χ0v) is 12.5. The van der Waals surface area contributed by atoms with Gasteiger partial charge in [0.25, 0.3) is 0 Å². The summed E-state index contributed by atoms with van der Waals surface area (Å²) in [5.41, 5.74) is 1.11. The van der Waals surface area contributed by atoms with Crippen LogP contribution in [0.15, 0.2) is 12.1 Å². The molecule has 0 aromatic heterocycles. The fourth-order valence-electron chi connectivity index (χ4n) is 2.44. The highest BCUT2D eigenvalue weighted by Crippen LogP contribution is 2.35. The molecule has 1 aromatic carbocycles. The van der Waals surface area contributed by atoms with Gasteiger partial charge in [0.1, 0.15) is 0 Å². The topological polar surface area (TPSA) is 33.7 Å². The molecule has 5 heteroatoms. The van der Waals surface area contributed by atoms with Crippen LogP contribution in [0, 0.1) is 0 Å². The van der Waals surface area contributed by atoms with Crippen molar-refractivity contribution in [1.82, 2.24) is 10.2 Å². The predicted octanol–water partition coefficient (Wildman–Crippen LogP) is 2.15. The van der Waals surface area contributed by atoms with Crippen LogP contribution in [0.1, 0.15) is 12.0 Å². The van der Waals surface area contributed by atoms with E-state index in [1.807, 2.05) is 12.1 Å². The van der Waals surface area contributed by atoms with Crippen LogP contribution in [-0.4, -0.2) is 45.3 Å². The van der Waals surface area contributed by atoms with Gasteiger partial charge in [0, 0.05) is 19.1 Å². The summed E-state index contributed by atoms with van der Waals surface area (Å²) in [6.45, 7) is 3.05. The van der Waals surface area contributed by atoms with Gasteiger partial charge in [0.2, 0.25) is 0 Å². The summed E-state index contributed by atoms with van der Waals surface area (Å²) in [5, 5.41) is 4.13. The first-order valence-corrected chi connectivity index (χ1v) is 6.84. The van der Waals surface area contributed by atoms with E-state index in [1.165, 1.54) is 6.42 Å². The summed E-state index contributed by atoms with van der Waals surface area (Å²) in [6, 6.07) is 4.45. The third-order valence-corrected chi connectivity index (χ3v) is 3.76. The largest absolute Gasteiger partial charge is 0.493 e. The Morgan fingerprint density at radius 3 is 2.74 bits per heavy atom. The Kier molecular flexibility index (Phi) is 4.91. The molecule has 1 saturated heterocycles. The van der Waals surface area contributed by atoms with Crippen molar-refractivity contribution < 1.29 is 9.47 Å². The molecule has 106 valence electrons. The third kappa shape index (κ3) is 3.53. The smallest absolute Gasteiger partial charge is 0.179 e. The molecule has 2 rings (SSSR count). The maximum absolute atomic E-state index is 6.19. The molecule has 0 radical (unpaired) electrons. The molecular formula is C14H21ClN2O2. The van der Waals surface area contributed by atoms with E-state index in [-0.39, 0.29) is 0 Å². The van der Waals surface area contributed by atoms with Gasteiger partial charge in [-0.1, -0.05) is 11.6 Å². The lowest BCUT2D eigenvalue weighted by atomic mass is 10.1. The molecule has 0 bridgehead atoms. The molecule has 1 heterocycles. The minimum atomic E-state index is 0.553. The van der Waals surface area contributed by atoms with Gasteiger partial charge < -0.3 is 19.7 Å². The summed E-state index contributed by atoms with van der Waals surface area (Å²) < 4.78 is 10.5. The molecule has 4 nitrogen and oxygen atoms in total. The molecular weight excluding hydrogens is 264 g/mol. The quantitative estimate of drug-likeness (QED) is 0.898. The van der Waals surface area contributed by atoms with Crippen molar-refractivity contribution in [3.63, 3.8) is 0 Å². The lowest BCUT2D eigenvalue weighted by molar-refractivity contribution is 0.354. The standard InChI is InChI=1S/C14H21ClN2O2/c1-17-5-4-11(9-17)16-8-10-6-12(15)14(19-3)13(7-10)18-2/h6-7,11,16H,4-5,8-9H2,1-3H3. The Morgan fingerprint density at radius 2 is 2.16 bits per heavy atom. The molecule has 0 amide bonds. The Morgan fingerprint density at radius 1 is 1.37 bits per heavy atom. The van der Waals surface area contributed by atoms with Crippen molar-refractivity contribution in [2.24, 2.45) is 0 Å². The Labute approximate surface area is 119 Å². The van der Waals surface area contributed by atoms with E-state index in [0.29, 0.717) is 22.6 Å². The van der Waals surface area contributed by atoms with Crippen molar-refractivity contribution in [3.8, 4) is 11.5 Å². The first-order chi connectivity index (χ1) is 9.13. The number of benzene rings is 1. The summed E-state index contributed by atoms with van der Waals surface area (Å²) >= 11 is 6.19. The molecule has 19 heavy (non-hydrogen) atoms. The van der Waals surface area contributed by atoms with Crippen LogP contribution >= 0.6 is 11.6 Å². The first-order valence-electron chi connectivity index (χ1n) is 6.46. The van der Waals surface area contributed by atoms with Gasteiger partial charge in [-0.3, -0.25) is 0 Å². The number of likely N-dealkylation sites (N-methyl/N-ethyl adjacent to an activating group) is 1. The number of hydrogen-bond donors (Lipinski definition) is 1. The number of methoxy groups -OCH3 is 2. The van der Waals surface area contributed by atoms with Crippen molar-refractivity contribution in [1.29, 1.82) is 0 Å². The number of halogens is 1. The highest BCUT2D eigenvalue weighted by molar-refractivity contribution is 6.32. The maximum atomic E-state index is 6.19. The number of hydrogen-bond acceptors (Lipinski definition) is 4. The minimum absolute atomic E-state index is 0.553. The number of nitrogens with zero attached hydrogens (tertiary/aromatic N) is 1. The zero-order chi connectivity index (χ0) is 13.8. The second kappa shape index (κ2) is 6.46. The molecule has 1 fully saturated rings. The highest BCUT2D eigenvalue weighted by Gasteiger charge is 2.19. The predicted molar refractivity (Wildman–Crippen MR) is 77.3 cm³/mol. The fraction of sp³-hybridized carbons (Fsp3) is 0.571. The molecule has 1 aromatic rings. The Balaban J connectivity index is 2.02. The lowest BCUT2D eigenvalue weighted by Crippen LogP contribution is -2.30. The van der Waals surface area contributed by atoms with Crippen LogP contribution < -0.4 is 14.8 Å². The van der Waals surface area contributed by atoms with Gasteiger partial charge in [-0.2, -0.15) is 0 Å². The van der Waals surface area contributed by atoms with Crippen molar-refractivity contribution in [2.75, 3.05) is 34.4 Å². The number of rotatable bonds is 5. The highest BCUT2D eigenvalue weighted by atomic mass is 35.5. The Hall–Kier alpha value is -0.970. The molecule has 1 aliphatic heterocycles. The molecule has 0 saturated carbocycles. The normalized spacial score (nSPS) is 19.7. The van der Waals surface area contributed by atoms with Gasteiger partial charge in [-0.25, -0.2) is 0 Å². The van der Waals surface area contributed by atoms with E-state index in [4.69, 9.17) is 21.1 Å².